The zero-order valence-corrected chi connectivity index (χ0v) is 17.7. The predicted octanol–water partition coefficient (Wildman–Crippen LogP) is 1.63. The zero-order chi connectivity index (χ0) is 19.0. The van der Waals surface area contributed by atoms with E-state index in [0.717, 1.165) is 51.9 Å². The van der Waals surface area contributed by atoms with Gasteiger partial charge in [-0.05, 0) is 42.9 Å². The number of sulfonamides is 1. The number of nitrogens with one attached hydrogen (secondary N) is 2. The van der Waals surface area contributed by atoms with Crippen LogP contribution in [0.1, 0.15) is 36.0 Å². The molecule has 9 heteroatoms. The van der Waals surface area contributed by atoms with Crippen molar-refractivity contribution >= 4 is 28.3 Å². The summed E-state index contributed by atoms with van der Waals surface area (Å²) in [5, 5.41) is 3.36. The molecule has 2 atom stereocenters. The third-order valence-electron chi connectivity index (χ3n) is 6.05. The number of halogens is 1. The highest BCUT2D eigenvalue weighted by Crippen LogP contribution is 2.30. The highest BCUT2D eigenvalue weighted by Gasteiger charge is 2.38. The molecule has 2 heterocycles. The van der Waals surface area contributed by atoms with E-state index in [2.05, 4.69) is 10.0 Å². The Morgan fingerprint density at radius 2 is 1.82 bits per heavy atom. The number of carbonyl (C=O) groups excluding carboxylic acids is 1. The average Bonchev–Trinajstić information content (AvgIpc) is 3.37. The fourth-order valence-corrected chi connectivity index (χ4v) is 6.05. The lowest BCUT2D eigenvalue weighted by Gasteiger charge is -2.19. The molecule has 3 fully saturated rings. The van der Waals surface area contributed by atoms with Gasteiger partial charge >= 0.3 is 0 Å². The second-order valence-electron chi connectivity index (χ2n) is 7.86. The number of amides is 1. The third-order valence-corrected chi connectivity index (χ3v) is 7.60. The molecule has 3 aliphatic rings. The van der Waals surface area contributed by atoms with Gasteiger partial charge in [-0.3, -0.25) is 4.79 Å². The predicted molar refractivity (Wildman–Crippen MR) is 109 cm³/mol. The van der Waals surface area contributed by atoms with E-state index >= 15 is 0 Å². The number of carbonyl (C=O) groups is 1. The molecule has 156 valence electrons. The van der Waals surface area contributed by atoms with E-state index in [0.29, 0.717) is 17.4 Å². The van der Waals surface area contributed by atoms with E-state index in [4.69, 9.17) is 4.74 Å². The molecule has 1 aromatic carbocycles. The maximum absolute atomic E-state index is 13.0. The molecular formula is C19H28ClN3O4S. The summed E-state index contributed by atoms with van der Waals surface area (Å²) in [5.74, 6) is 1.16. The lowest BCUT2D eigenvalue weighted by atomic mass is 10.0. The zero-order valence-electron chi connectivity index (χ0n) is 16.0. The Morgan fingerprint density at radius 3 is 2.43 bits per heavy atom. The molecule has 0 radical (unpaired) electrons. The molecule has 2 saturated heterocycles. The molecule has 7 nitrogen and oxygen atoms in total. The third kappa shape index (κ3) is 4.15. The van der Waals surface area contributed by atoms with E-state index in [1.807, 2.05) is 4.90 Å². The van der Waals surface area contributed by atoms with Gasteiger partial charge in [0.15, 0.2) is 0 Å². The van der Waals surface area contributed by atoms with E-state index in [1.165, 1.54) is 13.2 Å². The highest BCUT2D eigenvalue weighted by atomic mass is 35.5. The maximum atomic E-state index is 13.0. The van der Waals surface area contributed by atoms with Crippen LogP contribution in [0.4, 0.5) is 0 Å². The molecule has 1 amide bonds. The monoisotopic (exact) mass is 429 g/mol. The molecule has 2 N–H and O–H groups in total. The standard InChI is InChI=1S/C19H27N3O4S.ClH/c1-26-17-7-6-13(19(23)22-11-14-9-20-10-15(14)12-22)8-18(17)27(24,25)21-16-4-2-3-5-16;/h6-8,14-16,20-21H,2-5,9-12H2,1H3;1H/t14-,15+;. The first kappa shape index (κ1) is 21.4. The molecule has 1 aromatic rings. The summed E-state index contributed by atoms with van der Waals surface area (Å²) in [7, 11) is -2.29. The van der Waals surface area contributed by atoms with Crippen LogP contribution >= 0.6 is 12.4 Å². The Morgan fingerprint density at radius 1 is 1.18 bits per heavy atom. The Labute approximate surface area is 172 Å². The number of nitrogens with zero attached hydrogens (tertiary/aromatic N) is 1. The van der Waals surface area contributed by atoms with Crippen LogP contribution in [-0.2, 0) is 10.0 Å². The maximum Gasteiger partial charge on any atom is 0.253 e. The topological polar surface area (TPSA) is 87.7 Å². The SMILES string of the molecule is COc1ccc(C(=O)N2C[C@H]3CNC[C@H]3C2)cc1S(=O)(=O)NC1CCCC1.Cl. The van der Waals surface area contributed by atoms with Crippen LogP contribution in [0.3, 0.4) is 0 Å². The molecule has 0 unspecified atom stereocenters. The van der Waals surface area contributed by atoms with Crippen molar-refractivity contribution in [3.05, 3.63) is 23.8 Å². The van der Waals surface area contributed by atoms with E-state index in [9.17, 15) is 13.2 Å². The van der Waals surface area contributed by atoms with Crippen LogP contribution in [0.25, 0.3) is 0 Å². The van der Waals surface area contributed by atoms with E-state index < -0.39 is 10.0 Å². The molecule has 0 bridgehead atoms. The van der Waals surface area contributed by atoms with Crippen molar-refractivity contribution in [2.45, 2.75) is 36.6 Å². The summed E-state index contributed by atoms with van der Waals surface area (Å²) in [4.78, 5) is 14.8. The van der Waals surface area contributed by atoms with Crippen molar-refractivity contribution in [3.63, 3.8) is 0 Å². The second-order valence-corrected chi connectivity index (χ2v) is 9.54. The lowest BCUT2D eigenvalue weighted by Crippen LogP contribution is -2.34. The molecule has 28 heavy (non-hydrogen) atoms. The van der Waals surface area contributed by atoms with Gasteiger partial charge in [-0.25, -0.2) is 13.1 Å². The Kier molecular flexibility index (Phi) is 6.54. The second kappa shape index (κ2) is 8.57. The van der Waals surface area contributed by atoms with E-state index in [1.54, 1.807) is 12.1 Å². The molecule has 4 rings (SSSR count). The lowest BCUT2D eigenvalue weighted by molar-refractivity contribution is 0.0781. The van der Waals surface area contributed by atoms with Gasteiger partial charge < -0.3 is 15.0 Å². The minimum absolute atomic E-state index is 0. The largest absolute Gasteiger partial charge is 0.495 e. The molecular weight excluding hydrogens is 402 g/mol. The van der Waals surface area contributed by atoms with Crippen LogP contribution in [0.2, 0.25) is 0 Å². The Bertz CT molecular complexity index is 814. The first-order chi connectivity index (χ1) is 13.0. The summed E-state index contributed by atoms with van der Waals surface area (Å²) in [6, 6.07) is 4.66. The molecule has 0 spiro atoms. The highest BCUT2D eigenvalue weighted by molar-refractivity contribution is 7.89. The van der Waals surface area contributed by atoms with Crippen molar-refractivity contribution in [3.8, 4) is 5.75 Å². The molecule has 0 aromatic heterocycles. The van der Waals surface area contributed by atoms with Crippen LogP contribution in [0.5, 0.6) is 5.75 Å². The number of hydrogen-bond acceptors (Lipinski definition) is 5. The van der Waals surface area contributed by atoms with Crippen LogP contribution in [-0.4, -0.2) is 58.6 Å². The van der Waals surface area contributed by atoms with Gasteiger partial charge in [0.1, 0.15) is 10.6 Å². The molecule has 1 aliphatic carbocycles. The van der Waals surface area contributed by atoms with Gasteiger partial charge in [0.25, 0.3) is 5.91 Å². The van der Waals surface area contributed by atoms with Crippen molar-refractivity contribution in [2.75, 3.05) is 33.3 Å². The van der Waals surface area contributed by atoms with Gasteiger partial charge in [-0.15, -0.1) is 12.4 Å². The minimum Gasteiger partial charge on any atom is -0.495 e. The van der Waals surface area contributed by atoms with Crippen molar-refractivity contribution in [1.29, 1.82) is 0 Å². The summed E-state index contributed by atoms with van der Waals surface area (Å²) in [6.45, 7) is 3.35. The first-order valence-corrected chi connectivity index (χ1v) is 11.2. The summed E-state index contributed by atoms with van der Waals surface area (Å²) in [5.41, 5.74) is 0.399. The van der Waals surface area contributed by atoms with Gasteiger partial charge in [-0.2, -0.15) is 0 Å². The van der Waals surface area contributed by atoms with Gasteiger partial charge in [0, 0.05) is 37.8 Å². The number of benzene rings is 1. The van der Waals surface area contributed by atoms with Gasteiger partial charge in [-0.1, -0.05) is 12.8 Å². The fraction of sp³-hybridized carbons (Fsp3) is 0.632. The summed E-state index contributed by atoms with van der Waals surface area (Å²) in [6.07, 6.45) is 3.78. The normalized spacial score (nSPS) is 24.8. The van der Waals surface area contributed by atoms with Gasteiger partial charge in [0.05, 0.1) is 7.11 Å². The number of rotatable bonds is 5. The molecule has 1 saturated carbocycles. The molecule has 2 aliphatic heterocycles. The Balaban J connectivity index is 0.00000225. The quantitative estimate of drug-likeness (QED) is 0.742. The number of hydrogen-bond donors (Lipinski definition) is 2. The summed E-state index contributed by atoms with van der Waals surface area (Å²) < 4.78 is 33.8. The van der Waals surface area contributed by atoms with Crippen LogP contribution in [0, 0.1) is 11.8 Å². The van der Waals surface area contributed by atoms with E-state index in [-0.39, 0.29) is 35.0 Å². The minimum atomic E-state index is -3.74. The number of methoxy groups -OCH3 is 1. The van der Waals surface area contributed by atoms with Gasteiger partial charge in [0.2, 0.25) is 10.0 Å². The average molecular weight is 430 g/mol. The van der Waals surface area contributed by atoms with Crippen LogP contribution in [0.15, 0.2) is 23.1 Å². The van der Waals surface area contributed by atoms with Crippen molar-refractivity contribution in [2.24, 2.45) is 11.8 Å². The van der Waals surface area contributed by atoms with Crippen molar-refractivity contribution < 1.29 is 17.9 Å². The fourth-order valence-electron chi connectivity index (χ4n) is 4.55. The summed E-state index contributed by atoms with van der Waals surface area (Å²) >= 11 is 0. The van der Waals surface area contributed by atoms with Crippen molar-refractivity contribution in [1.82, 2.24) is 14.9 Å². The number of likely N-dealkylation sites (tertiary alicyclic amines) is 1. The smallest absolute Gasteiger partial charge is 0.253 e. The number of ether oxygens (including phenoxy) is 1. The van der Waals surface area contributed by atoms with Crippen LogP contribution < -0.4 is 14.8 Å². The Hall–Kier alpha value is -1.35. The number of fused-ring (bicyclic) bond motifs is 1. The first-order valence-electron chi connectivity index (χ1n) is 9.68.